The van der Waals surface area contributed by atoms with Gasteiger partial charge in [-0.1, -0.05) is 35.3 Å². The molecule has 2 heterocycles. The largest absolute Gasteiger partial charge is 0.339 e. The molecule has 2 amide bonds. The van der Waals surface area contributed by atoms with E-state index in [-0.39, 0.29) is 10.9 Å². The second-order valence-corrected chi connectivity index (χ2v) is 8.77. The minimum atomic E-state index is -0.425. The summed E-state index contributed by atoms with van der Waals surface area (Å²) in [5.74, 6) is -0.354. The standard InChI is InChI=1S/C22H19Cl2N3O2S/c23-17-6-7-18(19(24)13-17)20(28)25-22-27(10-11-30-22)14-15-4-3-5-16(12-15)21(29)26-8-1-2-9-26/h3-7,10-13H,1-2,8-9,14H2. The number of carbonyl (C=O) groups is 2. The molecule has 5 nitrogen and oxygen atoms in total. The van der Waals surface area contributed by atoms with Crippen LogP contribution in [0.2, 0.25) is 10.0 Å². The number of aromatic nitrogens is 1. The highest BCUT2D eigenvalue weighted by Crippen LogP contribution is 2.21. The van der Waals surface area contributed by atoms with Crippen LogP contribution in [0.5, 0.6) is 0 Å². The average Bonchev–Trinajstić information content (AvgIpc) is 3.40. The zero-order valence-corrected chi connectivity index (χ0v) is 18.4. The molecule has 1 aliphatic rings. The van der Waals surface area contributed by atoms with Gasteiger partial charge in [-0.05, 0) is 48.7 Å². The number of nitrogens with zero attached hydrogens (tertiary/aromatic N) is 3. The number of hydrogen-bond acceptors (Lipinski definition) is 3. The third kappa shape index (κ3) is 4.67. The van der Waals surface area contributed by atoms with E-state index in [0.29, 0.717) is 27.5 Å². The predicted molar refractivity (Wildman–Crippen MR) is 119 cm³/mol. The fourth-order valence-corrected chi connectivity index (χ4v) is 4.63. The van der Waals surface area contributed by atoms with Crippen LogP contribution >= 0.6 is 34.5 Å². The van der Waals surface area contributed by atoms with E-state index in [1.54, 1.807) is 12.1 Å². The summed E-state index contributed by atoms with van der Waals surface area (Å²) >= 11 is 13.4. The maximum atomic E-state index is 12.7. The fourth-order valence-electron chi connectivity index (χ4n) is 3.42. The summed E-state index contributed by atoms with van der Waals surface area (Å²) in [6, 6.07) is 12.3. The quantitative estimate of drug-likeness (QED) is 0.557. The Bertz CT molecular complexity index is 1160. The topological polar surface area (TPSA) is 54.7 Å². The summed E-state index contributed by atoms with van der Waals surface area (Å²) < 4.78 is 1.88. The van der Waals surface area contributed by atoms with E-state index in [4.69, 9.17) is 23.2 Å². The Balaban J connectivity index is 1.56. The Morgan fingerprint density at radius 3 is 2.63 bits per heavy atom. The first-order valence-electron chi connectivity index (χ1n) is 9.57. The smallest absolute Gasteiger partial charge is 0.281 e. The molecule has 2 aromatic carbocycles. The van der Waals surface area contributed by atoms with Crippen molar-refractivity contribution in [3.63, 3.8) is 0 Å². The summed E-state index contributed by atoms with van der Waals surface area (Å²) in [7, 11) is 0. The third-order valence-electron chi connectivity index (χ3n) is 4.94. The van der Waals surface area contributed by atoms with Crippen molar-refractivity contribution in [3.05, 3.63) is 85.6 Å². The molecular weight excluding hydrogens is 441 g/mol. The van der Waals surface area contributed by atoms with Crippen LogP contribution in [0.4, 0.5) is 0 Å². The van der Waals surface area contributed by atoms with Crippen LogP contribution in [-0.2, 0) is 6.54 Å². The van der Waals surface area contributed by atoms with Crippen molar-refractivity contribution in [1.29, 1.82) is 0 Å². The molecular formula is C22H19Cl2N3O2S. The van der Waals surface area contributed by atoms with Gasteiger partial charge < -0.3 is 9.47 Å². The summed E-state index contributed by atoms with van der Waals surface area (Å²) in [4.78, 5) is 31.9. The second kappa shape index (κ2) is 9.16. The lowest BCUT2D eigenvalue weighted by atomic mass is 10.1. The van der Waals surface area contributed by atoms with Crippen molar-refractivity contribution >= 4 is 46.4 Å². The van der Waals surface area contributed by atoms with E-state index in [2.05, 4.69) is 4.99 Å². The van der Waals surface area contributed by atoms with E-state index in [9.17, 15) is 9.59 Å². The Hall–Kier alpha value is -2.41. The van der Waals surface area contributed by atoms with Crippen LogP contribution in [0.1, 0.15) is 39.1 Å². The number of benzene rings is 2. The highest BCUT2D eigenvalue weighted by atomic mass is 35.5. The number of likely N-dealkylation sites (tertiary alicyclic amines) is 1. The summed E-state index contributed by atoms with van der Waals surface area (Å²) in [6.45, 7) is 2.15. The first-order valence-corrected chi connectivity index (χ1v) is 11.2. The molecule has 4 rings (SSSR count). The highest BCUT2D eigenvalue weighted by molar-refractivity contribution is 7.07. The van der Waals surface area contributed by atoms with Crippen molar-refractivity contribution < 1.29 is 9.59 Å². The van der Waals surface area contributed by atoms with Crippen molar-refractivity contribution in [2.75, 3.05) is 13.1 Å². The molecule has 30 heavy (non-hydrogen) atoms. The molecule has 0 bridgehead atoms. The van der Waals surface area contributed by atoms with Gasteiger partial charge in [0.15, 0.2) is 4.80 Å². The van der Waals surface area contributed by atoms with E-state index in [1.165, 1.54) is 17.4 Å². The molecule has 1 saturated heterocycles. The predicted octanol–water partition coefficient (Wildman–Crippen LogP) is 4.88. The van der Waals surface area contributed by atoms with Gasteiger partial charge in [0.2, 0.25) is 0 Å². The van der Waals surface area contributed by atoms with E-state index < -0.39 is 5.91 Å². The molecule has 154 valence electrons. The molecule has 0 saturated carbocycles. The number of carbonyl (C=O) groups excluding carboxylic acids is 2. The molecule has 0 atom stereocenters. The van der Waals surface area contributed by atoms with Crippen LogP contribution in [-0.4, -0.2) is 34.4 Å². The molecule has 0 radical (unpaired) electrons. The first kappa shape index (κ1) is 20.8. The molecule has 0 N–H and O–H groups in total. The van der Waals surface area contributed by atoms with Crippen LogP contribution in [0.3, 0.4) is 0 Å². The molecule has 0 spiro atoms. The summed E-state index contributed by atoms with van der Waals surface area (Å²) in [5, 5.41) is 2.60. The summed E-state index contributed by atoms with van der Waals surface area (Å²) in [5.41, 5.74) is 1.96. The van der Waals surface area contributed by atoms with Crippen LogP contribution in [0.15, 0.2) is 59.0 Å². The Kier molecular flexibility index (Phi) is 6.37. The lowest BCUT2D eigenvalue weighted by Gasteiger charge is -2.15. The highest BCUT2D eigenvalue weighted by Gasteiger charge is 2.19. The molecule has 1 aliphatic heterocycles. The molecule has 1 fully saturated rings. The SMILES string of the molecule is O=C(N=c1sccn1Cc1cccc(C(=O)N2CCCC2)c1)c1ccc(Cl)cc1Cl. The minimum absolute atomic E-state index is 0.0714. The Morgan fingerprint density at radius 2 is 1.87 bits per heavy atom. The lowest BCUT2D eigenvalue weighted by Crippen LogP contribution is -2.27. The van der Waals surface area contributed by atoms with Crippen LogP contribution in [0.25, 0.3) is 0 Å². The summed E-state index contributed by atoms with van der Waals surface area (Å²) in [6.07, 6.45) is 3.99. The van der Waals surface area contributed by atoms with E-state index >= 15 is 0 Å². The van der Waals surface area contributed by atoms with Gasteiger partial charge in [-0.2, -0.15) is 4.99 Å². The zero-order chi connectivity index (χ0) is 21.1. The van der Waals surface area contributed by atoms with Gasteiger partial charge in [-0.3, -0.25) is 9.59 Å². The monoisotopic (exact) mass is 459 g/mol. The van der Waals surface area contributed by atoms with Crippen molar-refractivity contribution in [1.82, 2.24) is 9.47 Å². The maximum Gasteiger partial charge on any atom is 0.281 e. The number of hydrogen-bond donors (Lipinski definition) is 0. The van der Waals surface area contributed by atoms with Crippen LogP contribution in [0, 0.1) is 0 Å². The fraction of sp³-hybridized carbons (Fsp3) is 0.227. The van der Waals surface area contributed by atoms with Gasteiger partial charge in [-0.25, -0.2) is 0 Å². The van der Waals surface area contributed by atoms with Crippen molar-refractivity contribution in [2.24, 2.45) is 4.99 Å². The Morgan fingerprint density at radius 1 is 1.07 bits per heavy atom. The van der Waals surface area contributed by atoms with E-state index in [0.717, 1.165) is 31.5 Å². The number of halogens is 2. The lowest BCUT2D eigenvalue weighted by molar-refractivity contribution is 0.0792. The van der Waals surface area contributed by atoms with Crippen molar-refractivity contribution in [2.45, 2.75) is 19.4 Å². The maximum absolute atomic E-state index is 12.7. The average molecular weight is 460 g/mol. The van der Waals surface area contributed by atoms with Crippen molar-refractivity contribution in [3.8, 4) is 0 Å². The third-order valence-corrected chi connectivity index (χ3v) is 6.28. The molecule has 0 aliphatic carbocycles. The van der Waals surface area contributed by atoms with Gasteiger partial charge in [-0.15, -0.1) is 11.3 Å². The normalized spacial score (nSPS) is 14.3. The zero-order valence-electron chi connectivity index (χ0n) is 16.1. The molecule has 3 aromatic rings. The second-order valence-electron chi connectivity index (χ2n) is 7.05. The first-order chi connectivity index (χ1) is 14.5. The van der Waals surface area contributed by atoms with Gasteiger partial charge in [0, 0.05) is 41.8 Å². The minimum Gasteiger partial charge on any atom is -0.339 e. The number of thiazole rings is 1. The van der Waals surface area contributed by atoms with Gasteiger partial charge in [0.05, 0.1) is 10.6 Å². The Labute approximate surface area is 188 Å². The number of amides is 2. The molecule has 1 aromatic heterocycles. The molecule has 8 heteroatoms. The van der Waals surface area contributed by atoms with Crippen LogP contribution < -0.4 is 4.80 Å². The van der Waals surface area contributed by atoms with E-state index in [1.807, 2.05) is 45.3 Å². The van der Waals surface area contributed by atoms with Gasteiger partial charge in [0.1, 0.15) is 0 Å². The van der Waals surface area contributed by atoms with Gasteiger partial charge in [0.25, 0.3) is 11.8 Å². The number of rotatable bonds is 4. The molecule has 0 unspecified atom stereocenters. The van der Waals surface area contributed by atoms with Gasteiger partial charge >= 0.3 is 0 Å².